The molecule has 3 aromatic heterocycles. The molecule has 0 saturated carbocycles. The highest BCUT2D eigenvalue weighted by molar-refractivity contribution is 5.83. The fraction of sp³-hybridized carbons (Fsp3) is 0.267. The zero-order chi connectivity index (χ0) is 15.4. The van der Waals surface area contributed by atoms with Crippen LogP contribution in [-0.4, -0.2) is 29.9 Å². The van der Waals surface area contributed by atoms with Gasteiger partial charge in [-0.25, -0.2) is 19.9 Å². The lowest BCUT2D eigenvalue weighted by molar-refractivity contribution is 0.828. The molecule has 7 heteroatoms. The summed E-state index contributed by atoms with van der Waals surface area (Å²) in [5.41, 5.74) is 7.58. The second kappa shape index (κ2) is 6.18. The van der Waals surface area contributed by atoms with Crippen LogP contribution in [0.5, 0.6) is 0 Å². The van der Waals surface area contributed by atoms with Crippen molar-refractivity contribution >= 4 is 17.0 Å². The van der Waals surface area contributed by atoms with E-state index in [1.807, 2.05) is 0 Å². The van der Waals surface area contributed by atoms with E-state index >= 15 is 0 Å². The molecule has 0 spiro atoms. The van der Waals surface area contributed by atoms with Gasteiger partial charge >= 0.3 is 0 Å². The van der Waals surface area contributed by atoms with E-state index in [0.29, 0.717) is 34.3 Å². The number of hydrogen-bond acceptors (Lipinski definition) is 6. The number of rotatable bonds is 3. The number of anilines is 1. The third-order valence-corrected chi connectivity index (χ3v) is 3.03. The van der Waals surface area contributed by atoms with Gasteiger partial charge in [-0.15, -0.1) is 0 Å². The predicted octanol–water partition coefficient (Wildman–Crippen LogP) is 1.93. The SMILES string of the molecule is CCCCC#Cc1nc2c(N)nc(-c3cnccn3)nc2[nH]1. The standard InChI is InChI=1S/C15H15N7/c1-2-3-4-5-6-11-19-12-13(16)21-14(22-15(12)20-11)10-9-17-7-8-18-10/h7-9H,2-4H2,1H3,(H3,16,19,20,21,22). The number of fused-ring (bicyclic) bond motifs is 1. The van der Waals surface area contributed by atoms with Gasteiger partial charge in [-0.05, 0) is 12.3 Å². The summed E-state index contributed by atoms with van der Waals surface area (Å²) in [6.07, 6.45) is 7.80. The Balaban J connectivity index is 1.98. The maximum atomic E-state index is 5.95. The molecule has 0 saturated heterocycles. The van der Waals surface area contributed by atoms with Crippen LogP contribution in [0.25, 0.3) is 22.7 Å². The van der Waals surface area contributed by atoms with Gasteiger partial charge in [0.2, 0.25) is 0 Å². The summed E-state index contributed by atoms with van der Waals surface area (Å²) >= 11 is 0. The van der Waals surface area contributed by atoms with Gasteiger partial charge in [-0.2, -0.15) is 0 Å². The molecule has 0 fully saturated rings. The van der Waals surface area contributed by atoms with Crippen LogP contribution in [-0.2, 0) is 0 Å². The first kappa shape index (κ1) is 13.9. The van der Waals surface area contributed by atoms with Crippen molar-refractivity contribution in [1.29, 1.82) is 0 Å². The molecule has 3 heterocycles. The highest BCUT2D eigenvalue weighted by atomic mass is 15.1. The normalized spacial score (nSPS) is 10.4. The summed E-state index contributed by atoms with van der Waals surface area (Å²) in [7, 11) is 0. The van der Waals surface area contributed by atoms with Crippen molar-refractivity contribution in [3.8, 4) is 23.4 Å². The number of nitrogen functional groups attached to an aromatic ring is 1. The first-order valence-corrected chi connectivity index (χ1v) is 7.06. The minimum Gasteiger partial charge on any atom is -0.382 e. The lowest BCUT2D eigenvalue weighted by Crippen LogP contribution is -1.98. The summed E-state index contributed by atoms with van der Waals surface area (Å²) < 4.78 is 0. The number of nitrogens with two attached hydrogens (primary N) is 1. The Hall–Kier alpha value is -3.01. The van der Waals surface area contributed by atoms with Crippen molar-refractivity contribution in [3.05, 3.63) is 24.4 Å². The van der Waals surface area contributed by atoms with Gasteiger partial charge in [0.15, 0.2) is 28.6 Å². The summed E-state index contributed by atoms with van der Waals surface area (Å²) in [6.45, 7) is 2.13. The predicted molar refractivity (Wildman–Crippen MR) is 83.5 cm³/mol. The Morgan fingerprint density at radius 2 is 2.14 bits per heavy atom. The molecule has 0 aliphatic carbocycles. The Morgan fingerprint density at radius 1 is 1.23 bits per heavy atom. The summed E-state index contributed by atoms with van der Waals surface area (Å²) in [4.78, 5) is 24.2. The number of aromatic nitrogens is 6. The molecule has 22 heavy (non-hydrogen) atoms. The van der Waals surface area contributed by atoms with Crippen molar-refractivity contribution in [3.63, 3.8) is 0 Å². The van der Waals surface area contributed by atoms with Crippen LogP contribution in [0, 0.1) is 11.8 Å². The third-order valence-electron chi connectivity index (χ3n) is 3.03. The molecule has 0 aliphatic heterocycles. The molecular formula is C15H15N7. The molecular weight excluding hydrogens is 278 g/mol. The van der Waals surface area contributed by atoms with Gasteiger partial charge in [0, 0.05) is 18.8 Å². The molecule has 0 radical (unpaired) electrons. The van der Waals surface area contributed by atoms with E-state index in [9.17, 15) is 0 Å². The first-order chi connectivity index (χ1) is 10.8. The molecule has 3 N–H and O–H groups in total. The van der Waals surface area contributed by atoms with Crippen LogP contribution < -0.4 is 5.73 Å². The van der Waals surface area contributed by atoms with E-state index in [1.54, 1.807) is 18.6 Å². The van der Waals surface area contributed by atoms with Gasteiger partial charge in [-0.1, -0.05) is 19.3 Å². The number of nitrogens with zero attached hydrogens (tertiary/aromatic N) is 5. The van der Waals surface area contributed by atoms with Crippen molar-refractivity contribution in [2.75, 3.05) is 5.73 Å². The van der Waals surface area contributed by atoms with Crippen molar-refractivity contribution in [1.82, 2.24) is 29.9 Å². The topological polar surface area (TPSA) is 106 Å². The average molecular weight is 293 g/mol. The zero-order valence-electron chi connectivity index (χ0n) is 12.2. The number of hydrogen-bond donors (Lipinski definition) is 2. The van der Waals surface area contributed by atoms with E-state index in [-0.39, 0.29) is 0 Å². The van der Waals surface area contributed by atoms with Crippen molar-refractivity contribution in [2.24, 2.45) is 0 Å². The number of imidazole rings is 1. The van der Waals surface area contributed by atoms with Gasteiger partial charge in [0.25, 0.3) is 0 Å². The van der Waals surface area contributed by atoms with E-state index in [4.69, 9.17) is 5.73 Å². The fourth-order valence-electron chi connectivity index (χ4n) is 1.92. The van der Waals surface area contributed by atoms with Crippen molar-refractivity contribution < 1.29 is 0 Å². The second-order valence-electron chi connectivity index (χ2n) is 4.71. The Kier molecular flexibility index (Phi) is 3.92. The molecule has 7 nitrogen and oxygen atoms in total. The summed E-state index contributed by atoms with van der Waals surface area (Å²) in [5.74, 6) is 7.31. The van der Waals surface area contributed by atoms with E-state index in [1.165, 1.54) is 0 Å². The van der Waals surface area contributed by atoms with Gasteiger partial charge in [0.1, 0.15) is 5.69 Å². The Bertz CT molecular complexity index is 843. The lowest BCUT2D eigenvalue weighted by atomic mass is 10.2. The van der Waals surface area contributed by atoms with Crippen LogP contribution in [0.3, 0.4) is 0 Å². The van der Waals surface area contributed by atoms with Crippen LogP contribution >= 0.6 is 0 Å². The molecule has 3 rings (SSSR count). The number of H-pyrrole nitrogens is 1. The minimum atomic E-state index is 0.295. The quantitative estimate of drug-likeness (QED) is 0.564. The highest BCUT2D eigenvalue weighted by Crippen LogP contribution is 2.19. The molecule has 3 aromatic rings. The molecule has 0 atom stereocenters. The van der Waals surface area contributed by atoms with Crippen LogP contribution in [0.2, 0.25) is 0 Å². The third kappa shape index (κ3) is 2.86. The fourth-order valence-corrected chi connectivity index (χ4v) is 1.92. The van der Waals surface area contributed by atoms with Gasteiger partial charge < -0.3 is 10.7 Å². The molecule has 0 unspecified atom stereocenters. The van der Waals surface area contributed by atoms with Crippen molar-refractivity contribution in [2.45, 2.75) is 26.2 Å². The summed E-state index contributed by atoms with van der Waals surface area (Å²) in [5, 5.41) is 0. The molecule has 0 aliphatic rings. The smallest absolute Gasteiger partial charge is 0.185 e. The molecule has 0 bridgehead atoms. The lowest BCUT2D eigenvalue weighted by Gasteiger charge is -1.99. The summed E-state index contributed by atoms with van der Waals surface area (Å²) in [6, 6.07) is 0. The molecule has 0 aromatic carbocycles. The minimum absolute atomic E-state index is 0.295. The van der Waals surface area contributed by atoms with E-state index in [0.717, 1.165) is 19.3 Å². The molecule has 110 valence electrons. The number of unbranched alkanes of at least 4 members (excludes halogenated alkanes) is 2. The monoisotopic (exact) mass is 293 g/mol. The van der Waals surface area contributed by atoms with Gasteiger partial charge in [-0.3, -0.25) is 4.98 Å². The van der Waals surface area contributed by atoms with E-state index < -0.39 is 0 Å². The van der Waals surface area contributed by atoms with Gasteiger partial charge in [0.05, 0.1) is 6.20 Å². The van der Waals surface area contributed by atoms with Crippen LogP contribution in [0.15, 0.2) is 18.6 Å². The van der Waals surface area contributed by atoms with Crippen LogP contribution in [0.1, 0.15) is 32.0 Å². The first-order valence-electron chi connectivity index (χ1n) is 7.06. The van der Waals surface area contributed by atoms with E-state index in [2.05, 4.69) is 48.7 Å². The largest absolute Gasteiger partial charge is 0.382 e. The number of nitrogens with one attached hydrogen (secondary N) is 1. The highest BCUT2D eigenvalue weighted by Gasteiger charge is 2.12. The Labute approximate surface area is 127 Å². The average Bonchev–Trinajstić information content (AvgIpc) is 2.96. The second-order valence-corrected chi connectivity index (χ2v) is 4.71. The zero-order valence-corrected chi connectivity index (χ0v) is 12.2. The maximum absolute atomic E-state index is 5.95. The number of aromatic amines is 1. The Morgan fingerprint density at radius 3 is 2.91 bits per heavy atom. The maximum Gasteiger partial charge on any atom is 0.185 e. The molecule has 0 amide bonds. The van der Waals surface area contributed by atoms with Crippen LogP contribution in [0.4, 0.5) is 5.82 Å².